The van der Waals surface area contributed by atoms with Gasteiger partial charge in [0.15, 0.2) is 5.65 Å². The van der Waals surface area contributed by atoms with Gasteiger partial charge in [-0.05, 0) is 6.07 Å². The first-order chi connectivity index (χ1) is 7.14. The van der Waals surface area contributed by atoms with Crippen LogP contribution in [-0.4, -0.2) is 33.6 Å². The zero-order valence-electron chi connectivity index (χ0n) is 7.77. The molecule has 0 atom stereocenters. The summed E-state index contributed by atoms with van der Waals surface area (Å²) >= 11 is 0. The van der Waals surface area contributed by atoms with Crippen molar-refractivity contribution >= 4 is 11.5 Å². The highest BCUT2D eigenvalue weighted by Gasteiger charge is 2.44. The van der Waals surface area contributed by atoms with Gasteiger partial charge in [-0.3, -0.25) is 0 Å². The van der Waals surface area contributed by atoms with Crippen LogP contribution in [0.2, 0.25) is 0 Å². The Bertz CT molecular complexity index is 500. The first-order valence-electron chi connectivity index (χ1n) is 4.57. The fourth-order valence-corrected chi connectivity index (χ4v) is 1.65. The number of aromatic nitrogens is 3. The summed E-state index contributed by atoms with van der Waals surface area (Å²) in [6.45, 7) is -0.491. The molecule has 0 N–H and O–H groups in total. The quantitative estimate of drug-likeness (QED) is 0.708. The summed E-state index contributed by atoms with van der Waals surface area (Å²) in [7, 11) is 0. The maximum atomic E-state index is 12.6. The number of halogens is 2. The molecule has 0 saturated carbocycles. The van der Waals surface area contributed by atoms with Gasteiger partial charge < -0.3 is 4.90 Å². The number of alkyl halides is 2. The number of fused-ring (bicyclic) bond motifs is 1. The Kier molecular flexibility index (Phi) is 1.52. The molecule has 3 rings (SSSR count). The molecular weight excluding hydrogens is 202 g/mol. The third kappa shape index (κ3) is 1.33. The van der Waals surface area contributed by atoms with E-state index in [-0.39, 0.29) is 13.1 Å². The van der Waals surface area contributed by atoms with Crippen LogP contribution in [-0.2, 0) is 0 Å². The van der Waals surface area contributed by atoms with E-state index in [1.807, 2.05) is 0 Å². The second kappa shape index (κ2) is 2.65. The molecule has 0 amide bonds. The van der Waals surface area contributed by atoms with E-state index in [1.54, 1.807) is 33.9 Å². The predicted octanol–water partition coefficient (Wildman–Crippen LogP) is 1.18. The lowest BCUT2D eigenvalue weighted by Crippen LogP contribution is -2.56. The molecule has 78 valence electrons. The monoisotopic (exact) mass is 210 g/mol. The number of hydrogen-bond acceptors (Lipinski definition) is 3. The van der Waals surface area contributed by atoms with E-state index < -0.39 is 5.92 Å². The van der Waals surface area contributed by atoms with Gasteiger partial charge in [0.05, 0.1) is 19.3 Å². The highest BCUT2D eigenvalue weighted by molar-refractivity contribution is 5.49. The van der Waals surface area contributed by atoms with E-state index in [0.29, 0.717) is 11.5 Å². The summed E-state index contributed by atoms with van der Waals surface area (Å²) in [5, 5.41) is 3.98. The predicted molar refractivity (Wildman–Crippen MR) is 50.1 cm³/mol. The van der Waals surface area contributed by atoms with Crippen molar-refractivity contribution in [3.63, 3.8) is 0 Å². The van der Waals surface area contributed by atoms with Gasteiger partial charge in [-0.2, -0.15) is 5.10 Å². The molecule has 0 spiro atoms. The molecule has 1 fully saturated rings. The Balaban J connectivity index is 1.92. The minimum absolute atomic E-state index is 0.246. The van der Waals surface area contributed by atoms with Crippen molar-refractivity contribution in [1.82, 2.24) is 14.6 Å². The lowest BCUT2D eigenvalue weighted by atomic mass is 10.1. The van der Waals surface area contributed by atoms with Crippen molar-refractivity contribution in [2.24, 2.45) is 0 Å². The zero-order chi connectivity index (χ0) is 10.5. The van der Waals surface area contributed by atoms with Gasteiger partial charge in [0.1, 0.15) is 5.82 Å². The number of anilines is 1. The van der Waals surface area contributed by atoms with E-state index >= 15 is 0 Å². The molecule has 2 aromatic rings. The van der Waals surface area contributed by atoms with E-state index in [4.69, 9.17) is 0 Å². The third-order valence-electron chi connectivity index (χ3n) is 2.41. The Morgan fingerprint density at radius 1 is 1.27 bits per heavy atom. The van der Waals surface area contributed by atoms with Crippen molar-refractivity contribution < 1.29 is 8.78 Å². The minimum atomic E-state index is -2.56. The topological polar surface area (TPSA) is 33.4 Å². The largest absolute Gasteiger partial charge is 0.344 e. The van der Waals surface area contributed by atoms with Gasteiger partial charge in [-0.15, -0.1) is 0 Å². The summed E-state index contributed by atoms with van der Waals surface area (Å²) in [4.78, 5) is 5.76. The Morgan fingerprint density at radius 3 is 2.80 bits per heavy atom. The fraction of sp³-hybridized carbons (Fsp3) is 0.333. The highest BCUT2D eigenvalue weighted by Crippen LogP contribution is 2.30. The van der Waals surface area contributed by atoms with E-state index in [9.17, 15) is 8.78 Å². The van der Waals surface area contributed by atoms with Crippen LogP contribution < -0.4 is 4.90 Å². The molecule has 0 bridgehead atoms. The number of nitrogens with zero attached hydrogens (tertiary/aromatic N) is 4. The molecule has 1 saturated heterocycles. The van der Waals surface area contributed by atoms with Crippen LogP contribution in [0.15, 0.2) is 24.5 Å². The Hall–Kier alpha value is -1.72. The van der Waals surface area contributed by atoms with Gasteiger partial charge in [-0.25, -0.2) is 18.3 Å². The van der Waals surface area contributed by atoms with Crippen LogP contribution in [0.5, 0.6) is 0 Å². The molecule has 0 radical (unpaired) electrons. The molecule has 3 heterocycles. The molecule has 15 heavy (non-hydrogen) atoms. The van der Waals surface area contributed by atoms with E-state index in [1.165, 1.54) is 0 Å². The van der Waals surface area contributed by atoms with Crippen LogP contribution in [0.25, 0.3) is 5.65 Å². The molecule has 0 aromatic carbocycles. The standard InChI is InChI=1S/C9H8F2N4/c10-9(11)5-14(6-9)7-2-4-15-8(13-7)1-3-12-15/h1-4H,5-6H2. The second-order valence-corrected chi connectivity index (χ2v) is 3.63. The van der Waals surface area contributed by atoms with Crippen molar-refractivity contribution in [3.05, 3.63) is 24.5 Å². The van der Waals surface area contributed by atoms with Gasteiger partial charge in [0, 0.05) is 12.3 Å². The van der Waals surface area contributed by atoms with Crippen LogP contribution in [0, 0.1) is 0 Å². The summed E-state index contributed by atoms with van der Waals surface area (Å²) < 4.78 is 26.9. The first kappa shape index (κ1) is 8.58. The zero-order valence-corrected chi connectivity index (χ0v) is 7.77. The number of rotatable bonds is 1. The maximum Gasteiger partial charge on any atom is 0.282 e. The smallest absolute Gasteiger partial charge is 0.282 e. The second-order valence-electron chi connectivity index (χ2n) is 3.63. The molecule has 0 unspecified atom stereocenters. The molecule has 0 aliphatic carbocycles. The lowest BCUT2D eigenvalue weighted by Gasteiger charge is -2.39. The van der Waals surface area contributed by atoms with Crippen molar-refractivity contribution in [3.8, 4) is 0 Å². The highest BCUT2D eigenvalue weighted by atomic mass is 19.3. The van der Waals surface area contributed by atoms with Gasteiger partial charge in [0.2, 0.25) is 0 Å². The van der Waals surface area contributed by atoms with Gasteiger partial charge in [-0.1, -0.05) is 0 Å². The van der Waals surface area contributed by atoms with Crippen LogP contribution in [0.3, 0.4) is 0 Å². The summed E-state index contributed by atoms with van der Waals surface area (Å²) in [5.74, 6) is -1.98. The average Bonchev–Trinajstić information content (AvgIpc) is 2.60. The number of hydrogen-bond donors (Lipinski definition) is 0. The summed E-state index contributed by atoms with van der Waals surface area (Å²) in [6.07, 6.45) is 3.34. The molecule has 4 nitrogen and oxygen atoms in total. The summed E-state index contributed by atoms with van der Waals surface area (Å²) in [5.41, 5.74) is 0.669. The molecular formula is C9H8F2N4. The van der Waals surface area contributed by atoms with Crippen LogP contribution in [0.1, 0.15) is 0 Å². The van der Waals surface area contributed by atoms with Crippen molar-refractivity contribution in [2.75, 3.05) is 18.0 Å². The maximum absolute atomic E-state index is 12.6. The Morgan fingerprint density at radius 2 is 2.07 bits per heavy atom. The van der Waals surface area contributed by atoms with Crippen LogP contribution in [0.4, 0.5) is 14.6 Å². The van der Waals surface area contributed by atoms with Crippen molar-refractivity contribution in [2.45, 2.75) is 5.92 Å². The van der Waals surface area contributed by atoms with E-state index in [0.717, 1.165) is 0 Å². The minimum Gasteiger partial charge on any atom is -0.344 e. The molecule has 1 aliphatic rings. The molecule has 2 aromatic heterocycles. The molecule has 6 heteroatoms. The van der Waals surface area contributed by atoms with Crippen molar-refractivity contribution in [1.29, 1.82) is 0 Å². The van der Waals surface area contributed by atoms with E-state index in [2.05, 4.69) is 10.1 Å². The normalized spacial score (nSPS) is 19.2. The van der Waals surface area contributed by atoms with Gasteiger partial charge >= 0.3 is 0 Å². The molecule has 1 aliphatic heterocycles. The van der Waals surface area contributed by atoms with Crippen LogP contribution >= 0.6 is 0 Å². The lowest BCUT2D eigenvalue weighted by molar-refractivity contribution is -0.0266. The first-order valence-corrected chi connectivity index (χ1v) is 4.57. The summed E-state index contributed by atoms with van der Waals surface area (Å²) in [6, 6.07) is 3.43. The average molecular weight is 210 g/mol. The fourth-order valence-electron chi connectivity index (χ4n) is 1.65. The SMILES string of the molecule is FC1(F)CN(c2ccn3nccc3n2)C1. The Labute approximate surface area is 84.1 Å². The van der Waals surface area contributed by atoms with Gasteiger partial charge in [0.25, 0.3) is 5.92 Å². The third-order valence-corrected chi connectivity index (χ3v) is 2.41.